The van der Waals surface area contributed by atoms with Crippen molar-refractivity contribution in [1.29, 1.82) is 0 Å². The third-order valence-electron chi connectivity index (χ3n) is 33.3. The highest BCUT2D eigenvalue weighted by Crippen LogP contribution is 2.43. The van der Waals surface area contributed by atoms with E-state index in [0.29, 0.717) is 125 Å². The van der Waals surface area contributed by atoms with Crippen LogP contribution in [0.1, 0.15) is 293 Å². The van der Waals surface area contributed by atoms with Gasteiger partial charge in [0.15, 0.2) is 29.1 Å². The number of hydrogen-bond donors (Lipinski definition) is 8. The second kappa shape index (κ2) is 50.8. The van der Waals surface area contributed by atoms with E-state index in [4.69, 9.17) is 52.0 Å². The summed E-state index contributed by atoms with van der Waals surface area (Å²) in [4.78, 5) is 58.6. The minimum Gasteiger partial charge on any atom is -0.396 e. The van der Waals surface area contributed by atoms with E-state index in [9.17, 15) is 15.3 Å². The van der Waals surface area contributed by atoms with Gasteiger partial charge in [-0.2, -0.15) is 24.9 Å². The van der Waals surface area contributed by atoms with E-state index in [1.165, 1.54) is 201 Å². The smallest absolute Gasteiger partial charge is 0.261 e. The normalized spacial score (nSPS) is 24.7. The Bertz CT molecular complexity index is 5690. The molecule has 10 fully saturated rings. The Morgan fingerprint density at radius 3 is 0.966 bits per heavy atom. The van der Waals surface area contributed by atoms with E-state index in [1.54, 1.807) is 0 Å². The molecule has 35 heteroatoms. The lowest BCUT2D eigenvalue weighted by Crippen LogP contribution is -2.56. The number of nitrogens with zero attached hydrogens (tertiary/aromatic N) is 20. The molecule has 6 saturated heterocycles. The summed E-state index contributed by atoms with van der Waals surface area (Å²) in [5.41, 5.74) is 14.3. The molecule has 7 aliphatic carbocycles. The van der Waals surface area contributed by atoms with Crippen LogP contribution in [0.4, 0.5) is 29.1 Å². The van der Waals surface area contributed by atoms with Crippen molar-refractivity contribution in [2.45, 2.75) is 378 Å². The largest absolute Gasteiger partial charge is 0.396 e. The molecule has 10 atom stereocenters. The van der Waals surface area contributed by atoms with Crippen molar-refractivity contribution in [2.24, 2.45) is 17.8 Å². The number of β-amino-alcohol motifs (C(OH)–C–C–N with tert-alkyl or cyclic N) is 1. The number of hydrogen-bond acceptors (Lipinski definition) is 35. The summed E-state index contributed by atoms with van der Waals surface area (Å²) in [5, 5.41) is 70.4. The SMILES string of the molecule is COC1CN(c2nc3c(cc2-c2nc(C)no2)CCCC3)CCC1NC1CCCCC1.Cc1cnc(N2CCC(NC3CCCCC3)C(C)C2)c(-c2nc(C)no2)c1.Cc1cnc(N2CCC(NC3CCOCC3)C(CO)C2)c(-c2nc(C)no2)c1.Cc1noc(-c2cc3c(nc2N2CCC(NC4CCCCC4)C(CO)C2)CCCC3)n1.Cc1noc(-c2cc3c(nc2N2CC[C@@H](NC4CCCCC4)[C@H](O)C2)CCCC3)n1. The molecule has 6 aliphatic heterocycles. The highest BCUT2D eigenvalue weighted by atomic mass is 16.5. The monoisotopic (exact) mass is 2020 g/mol. The van der Waals surface area contributed by atoms with Gasteiger partial charge in [0.2, 0.25) is 0 Å². The number of ether oxygens (including phenoxy) is 2. The van der Waals surface area contributed by atoms with Crippen molar-refractivity contribution in [3.63, 3.8) is 0 Å². The summed E-state index contributed by atoms with van der Waals surface area (Å²) in [6.45, 7) is 26.2. The van der Waals surface area contributed by atoms with Crippen molar-refractivity contribution in [1.82, 2.24) is 102 Å². The van der Waals surface area contributed by atoms with Gasteiger partial charge >= 0.3 is 0 Å². The zero-order valence-electron chi connectivity index (χ0n) is 88.8. The predicted octanol–water partition coefficient (Wildman–Crippen LogP) is 16.0. The number of pyridine rings is 5. The molecule has 0 bridgehead atoms. The van der Waals surface area contributed by atoms with Crippen LogP contribution in [-0.2, 0) is 48.0 Å². The van der Waals surface area contributed by atoms with Crippen LogP contribution >= 0.6 is 0 Å². The van der Waals surface area contributed by atoms with Crippen molar-refractivity contribution in [3.8, 4) is 57.3 Å². The first kappa shape index (κ1) is 106. The van der Waals surface area contributed by atoms with Crippen LogP contribution in [0.3, 0.4) is 0 Å². The van der Waals surface area contributed by atoms with Crippen molar-refractivity contribution < 1.29 is 47.4 Å². The quantitative estimate of drug-likeness (QED) is 0.0295. The summed E-state index contributed by atoms with van der Waals surface area (Å²) >= 11 is 0. The Balaban J connectivity index is 0.000000116. The summed E-state index contributed by atoms with van der Waals surface area (Å²) in [6, 6.07) is 15.7. The van der Waals surface area contributed by atoms with E-state index in [0.717, 1.165) is 224 Å². The van der Waals surface area contributed by atoms with Crippen LogP contribution < -0.4 is 51.1 Å². The summed E-state index contributed by atoms with van der Waals surface area (Å²) < 4.78 is 38.9. The van der Waals surface area contributed by atoms with Crippen LogP contribution in [0.25, 0.3) is 57.3 Å². The lowest BCUT2D eigenvalue weighted by atomic mass is 9.88. The van der Waals surface area contributed by atoms with Crippen LogP contribution in [0.5, 0.6) is 0 Å². The second-order valence-electron chi connectivity index (χ2n) is 44.5. The molecule has 35 nitrogen and oxygen atoms in total. The molecule has 0 amide bonds. The van der Waals surface area contributed by atoms with Crippen LogP contribution in [0.2, 0.25) is 0 Å². The molecule has 0 aromatic carbocycles. The number of anilines is 5. The van der Waals surface area contributed by atoms with Gasteiger partial charge in [0.05, 0.1) is 40.0 Å². The molecule has 0 radical (unpaired) electrons. The first-order valence-electron chi connectivity index (χ1n) is 56.4. The molecule has 796 valence electrons. The molecule has 13 aliphatic rings. The van der Waals surface area contributed by atoms with Gasteiger partial charge in [0.1, 0.15) is 29.1 Å². The van der Waals surface area contributed by atoms with Gasteiger partial charge in [-0.15, -0.1) is 0 Å². The average Bonchev–Trinajstić information content (AvgIpc) is 1.78. The Labute approximate surface area is 867 Å². The molecule has 8 N–H and O–H groups in total. The summed E-state index contributed by atoms with van der Waals surface area (Å²) in [7, 11) is 1.84. The Kier molecular flexibility index (Phi) is 36.5. The number of methoxy groups -OCH3 is 1. The number of aromatic nitrogens is 15. The molecule has 0 spiro atoms. The maximum Gasteiger partial charge on any atom is 0.261 e. The fourth-order valence-electron chi connectivity index (χ4n) is 25.2. The maximum absolute atomic E-state index is 11.0. The van der Waals surface area contributed by atoms with E-state index in [1.807, 2.05) is 74.0 Å². The molecule has 147 heavy (non-hydrogen) atoms. The third kappa shape index (κ3) is 27.0. The van der Waals surface area contributed by atoms with E-state index >= 15 is 0 Å². The molecule has 23 rings (SSSR count). The second-order valence-corrected chi connectivity index (χ2v) is 44.5. The molecular formula is C112H163N25O10. The van der Waals surface area contributed by atoms with Crippen molar-refractivity contribution in [2.75, 3.05) is 123 Å². The Morgan fingerprint density at radius 2 is 0.619 bits per heavy atom. The van der Waals surface area contributed by atoms with E-state index < -0.39 is 6.10 Å². The zero-order chi connectivity index (χ0) is 101. The van der Waals surface area contributed by atoms with Gasteiger partial charge in [-0.05, 0) is 286 Å². The average molecular weight is 2020 g/mol. The Morgan fingerprint density at radius 1 is 0.320 bits per heavy atom. The first-order chi connectivity index (χ1) is 71.8. The topological polar surface area (TPSA) is 415 Å². The third-order valence-corrected chi connectivity index (χ3v) is 33.3. The molecule has 10 aromatic heterocycles. The number of aryl methyl sites for hydroxylation is 13. The van der Waals surface area contributed by atoms with Crippen molar-refractivity contribution in [3.05, 3.63) is 117 Å². The zero-order valence-corrected chi connectivity index (χ0v) is 88.8. The number of fused-ring (bicyclic) bond motifs is 3. The van der Waals surface area contributed by atoms with Gasteiger partial charge in [-0.25, -0.2) is 24.9 Å². The highest BCUT2D eigenvalue weighted by molar-refractivity contribution is 5.76. The lowest BCUT2D eigenvalue weighted by molar-refractivity contribution is 0.0534. The fraction of sp³-hybridized carbons (Fsp3) is 0.688. The number of aliphatic hydroxyl groups excluding tert-OH is 3. The number of aliphatic hydroxyl groups is 3. The van der Waals surface area contributed by atoms with E-state index in [2.05, 4.69) is 138 Å². The summed E-state index contributed by atoms with van der Waals surface area (Å²) in [6.07, 6.45) is 50.7. The minimum absolute atomic E-state index is 0.144. The van der Waals surface area contributed by atoms with Crippen molar-refractivity contribution >= 4 is 29.1 Å². The van der Waals surface area contributed by atoms with E-state index in [-0.39, 0.29) is 37.2 Å². The molecule has 4 saturated carbocycles. The molecule has 10 aromatic rings. The van der Waals surface area contributed by atoms with Gasteiger partial charge in [-0.1, -0.05) is 110 Å². The van der Waals surface area contributed by atoms with Gasteiger partial charge in [0, 0.05) is 201 Å². The van der Waals surface area contributed by atoms with Gasteiger partial charge in [-0.3, -0.25) is 0 Å². The first-order valence-corrected chi connectivity index (χ1v) is 56.4. The van der Waals surface area contributed by atoms with Gasteiger partial charge in [0.25, 0.3) is 29.5 Å². The minimum atomic E-state index is -0.407. The number of rotatable bonds is 23. The van der Waals surface area contributed by atoms with Gasteiger partial charge < -0.3 is 98.5 Å². The number of piperidine rings is 5. The molecular weight excluding hydrogens is 1860 g/mol. The predicted molar refractivity (Wildman–Crippen MR) is 568 cm³/mol. The van der Waals surface area contributed by atoms with Crippen LogP contribution in [0, 0.1) is 66.2 Å². The van der Waals surface area contributed by atoms with Crippen LogP contribution in [0.15, 0.2) is 65.3 Å². The Hall–Kier alpha value is -9.95. The maximum atomic E-state index is 11.0. The molecule has 16 heterocycles. The lowest BCUT2D eigenvalue weighted by Gasteiger charge is -2.41. The molecule has 8 unspecified atom stereocenters. The highest BCUT2D eigenvalue weighted by Gasteiger charge is 2.41. The summed E-state index contributed by atoms with van der Waals surface area (Å²) in [5.74, 6) is 11.4. The fourth-order valence-corrected chi connectivity index (χ4v) is 25.2. The number of nitrogens with one attached hydrogen (secondary N) is 5. The standard InChI is InChI=1S/2C24H35N5O2.C23H33N5O2.C21H31N5O.C20H29N5O3/c1-16-25-24(31-28-16)19-14-17-8-6-7-11-20(17)27-23(19)29-13-12-21(22(15-29)30-2)26-18-9-4-3-5-10-18;1-16-25-24(31-28-16)20-13-17-7-5-6-10-21(17)27-23(20)29-12-11-22(18(14-29)15-30)26-19-8-3-2-4-9-19;1-15-24-23(30-27-15)18-13-16-7-5-6-10-19(16)26-22(18)28-12-11-20(21(29)14-28)25-17-8-3-2-4-9-17;1-14-11-18(21-23-16(3)25-27-21)20(22-12-14)26-10-9-19(15(2)13-26)24-17-7-5-4-6-8-17;1-13-9-17(20-22-14(2)24-28-20)19(21-10-13)25-6-3-18(15(11-25)12-26)23-16-4-7-27-8-5-16/h14,18,21-22,26H,3-13,15H2,1-2H3;13,18-19,22,26,30H,2-12,14-15H2,1H3;13,17,20-21,25,29H,2-12,14H2,1H3;11-12,15,17,19,24H,4-10,13H2,1-3H3;9-10,15-16,18,23,26H,3-8,11-12H2,1-2H3/t;;20-,21-;;/m..1../s1. The van der Waals surface area contributed by atoms with Crippen LogP contribution in [-0.4, -0.2) is 263 Å².